The molecule has 0 radical (unpaired) electrons. The van der Waals surface area contributed by atoms with Crippen molar-refractivity contribution in [3.8, 4) is 23.3 Å². The first kappa shape index (κ1) is 22.2. The Balaban J connectivity index is 1.66. The van der Waals surface area contributed by atoms with Crippen LogP contribution >= 0.6 is 11.6 Å². The van der Waals surface area contributed by atoms with E-state index in [0.29, 0.717) is 40.1 Å². The van der Waals surface area contributed by atoms with Crippen LogP contribution < -0.4 is 20.1 Å². The fourth-order valence-electron chi connectivity index (χ4n) is 3.92. The molecule has 1 saturated heterocycles. The maximum atomic E-state index is 12.8. The fraction of sp³-hybridized carbons (Fsp3) is 0.160. The van der Waals surface area contributed by atoms with E-state index in [2.05, 4.69) is 6.07 Å². The standard InChI is InChI=1S/C25H20ClN3O4/c1-32-21-6-3-7-22(20(21)13-27)33-23-12-17(26)8-9-19(23)16-11-24(30)29(14-16)18-5-2-4-15(10-18)25(28)31/h2-10,12,16H,11,14H2,1H3,(H2,28,31). The zero-order valence-electron chi connectivity index (χ0n) is 17.7. The Morgan fingerprint density at radius 1 is 1.12 bits per heavy atom. The summed E-state index contributed by atoms with van der Waals surface area (Å²) in [6.45, 7) is 0.391. The molecular formula is C25H20ClN3O4. The SMILES string of the molecule is COc1cccc(Oc2cc(Cl)ccc2C2CC(=O)N(c3cccc(C(N)=O)c3)C2)c1C#N. The van der Waals surface area contributed by atoms with Gasteiger partial charge in [0.25, 0.3) is 0 Å². The lowest BCUT2D eigenvalue weighted by atomic mass is 9.97. The molecule has 0 spiro atoms. The van der Waals surface area contributed by atoms with E-state index in [1.807, 2.05) is 6.07 Å². The lowest BCUT2D eigenvalue weighted by molar-refractivity contribution is -0.117. The summed E-state index contributed by atoms with van der Waals surface area (Å²) in [5.74, 6) is 0.364. The summed E-state index contributed by atoms with van der Waals surface area (Å²) in [5, 5.41) is 10.0. The summed E-state index contributed by atoms with van der Waals surface area (Å²) in [6.07, 6.45) is 0.252. The van der Waals surface area contributed by atoms with Crippen molar-refractivity contribution in [2.45, 2.75) is 12.3 Å². The van der Waals surface area contributed by atoms with Gasteiger partial charge in [-0.2, -0.15) is 5.26 Å². The Labute approximate surface area is 195 Å². The number of benzene rings is 3. The predicted molar refractivity (Wildman–Crippen MR) is 124 cm³/mol. The Bertz CT molecular complexity index is 1280. The minimum absolute atomic E-state index is 0.0818. The molecule has 0 bridgehead atoms. The van der Waals surface area contributed by atoms with E-state index in [9.17, 15) is 14.9 Å². The molecule has 0 aromatic heterocycles. The van der Waals surface area contributed by atoms with Crippen LogP contribution in [0.5, 0.6) is 17.2 Å². The van der Waals surface area contributed by atoms with Gasteiger partial charge in [0.2, 0.25) is 11.8 Å². The zero-order chi connectivity index (χ0) is 23.5. The van der Waals surface area contributed by atoms with E-state index in [4.69, 9.17) is 26.8 Å². The number of rotatable bonds is 6. The highest BCUT2D eigenvalue weighted by atomic mass is 35.5. The van der Waals surface area contributed by atoms with Crippen LogP contribution in [0.3, 0.4) is 0 Å². The fourth-order valence-corrected chi connectivity index (χ4v) is 4.08. The summed E-state index contributed by atoms with van der Waals surface area (Å²) in [5.41, 5.74) is 7.37. The molecule has 1 atom stereocenters. The number of hydrogen-bond donors (Lipinski definition) is 1. The molecule has 0 aliphatic carbocycles. The number of carbonyl (C=O) groups excluding carboxylic acids is 2. The van der Waals surface area contributed by atoms with E-state index in [1.54, 1.807) is 59.5 Å². The van der Waals surface area contributed by atoms with Gasteiger partial charge in [0.15, 0.2) is 0 Å². The Morgan fingerprint density at radius 2 is 1.88 bits per heavy atom. The molecule has 1 heterocycles. The first-order chi connectivity index (χ1) is 15.9. The minimum Gasteiger partial charge on any atom is -0.495 e. The van der Waals surface area contributed by atoms with Gasteiger partial charge in [-0.05, 0) is 42.5 Å². The third-order valence-corrected chi connectivity index (χ3v) is 5.76. The highest BCUT2D eigenvalue weighted by Crippen LogP contribution is 2.40. The molecule has 7 nitrogen and oxygen atoms in total. The summed E-state index contributed by atoms with van der Waals surface area (Å²) < 4.78 is 11.4. The molecule has 166 valence electrons. The van der Waals surface area contributed by atoms with Crippen molar-refractivity contribution in [3.63, 3.8) is 0 Å². The van der Waals surface area contributed by atoms with Crippen LogP contribution in [0.1, 0.15) is 33.8 Å². The first-order valence-corrected chi connectivity index (χ1v) is 10.5. The van der Waals surface area contributed by atoms with Gasteiger partial charge >= 0.3 is 0 Å². The highest BCUT2D eigenvalue weighted by molar-refractivity contribution is 6.30. The maximum Gasteiger partial charge on any atom is 0.248 e. The monoisotopic (exact) mass is 461 g/mol. The van der Waals surface area contributed by atoms with Crippen molar-refractivity contribution in [1.82, 2.24) is 0 Å². The number of nitriles is 1. The van der Waals surface area contributed by atoms with Gasteiger partial charge in [0, 0.05) is 40.7 Å². The smallest absolute Gasteiger partial charge is 0.248 e. The van der Waals surface area contributed by atoms with Crippen molar-refractivity contribution in [3.05, 3.63) is 82.4 Å². The molecule has 2 amide bonds. The van der Waals surface area contributed by atoms with Gasteiger partial charge in [-0.25, -0.2) is 0 Å². The van der Waals surface area contributed by atoms with Crippen molar-refractivity contribution in [2.24, 2.45) is 5.73 Å². The average Bonchev–Trinajstić information content (AvgIpc) is 3.20. The van der Waals surface area contributed by atoms with Crippen LogP contribution in [-0.4, -0.2) is 25.5 Å². The molecule has 1 unspecified atom stereocenters. The largest absolute Gasteiger partial charge is 0.495 e. The molecule has 8 heteroatoms. The maximum absolute atomic E-state index is 12.8. The molecule has 0 saturated carbocycles. The normalized spacial score (nSPS) is 15.2. The van der Waals surface area contributed by atoms with E-state index >= 15 is 0 Å². The van der Waals surface area contributed by atoms with Crippen LogP contribution in [0.25, 0.3) is 0 Å². The highest BCUT2D eigenvalue weighted by Gasteiger charge is 2.33. The topological polar surface area (TPSA) is 106 Å². The quantitative estimate of drug-likeness (QED) is 0.576. The number of amides is 2. The van der Waals surface area contributed by atoms with Gasteiger partial charge in [-0.15, -0.1) is 0 Å². The van der Waals surface area contributed by atoms with E-state index in [1.165, 1.54) is 7.11 Å². The minimum atomic E-state index is -0.556. The summed E-state index contributed by atoms with van der Waals surface area (Å²) in [7, 11) is 1.48. The molecule has 3 aromatic carbocycles. The number of carbonyl (C=O) groups is 2. The number of halogens is 1. The number of anilines is 1. The third kappa shape index (κ3) is 4.47. The van der Waals surface area contributed by atoms with Crippen molar-refractivity contribution < 1.29 is 19.1 Å². The van der Waals surface area contributed by atoms with Crippen LogP contribution in [0.15, 0.2) is 60.7 Å². The molecule has 1 aliphatic heterocycles. The van der Waals surface area contributed by atoms with Crippen LogP contribution in [0.4, 0.5) is 5.69 Å². The van der Waals surface area contributed by atoms with E-state index in [0.717, 1.165) is 5.56 Å². The van der Waals surface area contributed by atoms with Crippen molar-refractivity contribution in [2.75, 3.05) is 18.6 Å². The molecule has 33 heavy (non-hydrogen) atoms. The molecule has 1 aliphatic rings. The summed E-state index contributed by atoms with van der Waals surface area (Å²) in [4.78, 5) is 26.0. The molecule has 3 aromatic rings. The van der Waals surface area contributed by atoms with Gasteiger partial charge in [0.05, 0.1) is 7.11 Å². The number of nitrogens with zero attached hydrogens (tertiary/aromatic N) is 2. The third-order valence-electron chi connectivity index (χ3n) is 5.52. The van der Waals surface area contributed by atoms with E-state index < -0.39 is 5.91 Å². The zero-order valence-corrected chi connectivity index (χ0v) is 18.5. The van der Waals surface area contributed by atoms with Crippen molar-refractivity contribution in [1.29, 1.82) is 5.26 Å². The molecule has 4 rings (SSSR count). The number of primary amides is 1. The van der Waals surface area contributed by atoms with Crippen molar-refractivity contribution >= 4 is 29.1 Å². The van der Waals surface area contributed by atoms with Gasteiger partial charge < -0.3 is 20.1 Å². The number of methoxy groups -OCH3 is 1. The Morgan fingerprint density at radius 3 is 2.61 bits per heavy atom. The van der Waals surface area contributed by atoms with E-state index in [-0.39, 0.29) is 23.8 Å². The lowest BCUT2D eigenvalue weighted by Gasteiger charge is -2.19. The number of nitrogens with two attached hydrogens (primary N) is 1. The second-order valence-electron chi connectivity index (χ2n) is 7.55. The van der Waals surface area contributed by atoms with Gasteiger partial charge in [-0.3, -0.25) is 9.59 Å². The van der Waals surface area contributed by atoms with Crippen LogP contribution in [-0.2, 0) is 4.79 Å². The molecule has 1 fully saturated rings. The lowest BCUT2D eigenvalue weighted by Crippen LogP contribution is -2.24. The average molecular weight is 462 g/mol. The van der Waals surface area contributed by atoms with Gasteiger partial charge in [0.1, 0.15) is 28.9 Å². The van der Waals surface area contributed by atoms with Crippen LogP contribution in [0.2, 0.25) is 5.02 Å². The molecule has 2 N–H and O–H groups in total. The summed E-state index contributed by atoms with van der Waals surface area (Å²) in [6, 6.07) is 19.1. The first-order valence-electron chi connectivity index (χ1n) is 10.2. The van der Waals surface area contributed by atoms with Gasteiger partial charge in [-0.1, -0.05) is 29.8 Å². The summed E-state index contributed by atoms with van der Waals surface area (Å²) >= 11 is 6.23. The van der Waals surface area contributed by atoms with Crippen LogP contribution in [0, 0.1) is 11.3 Å². The Hall–Kier alpha value is -4.02. The Kier molecular flexibility index (Phi) is 6.20. The molecular weight excluding hydrogens is 442 g/mol. The number of hydrogen-bond acceptors (Lipinski definition) is 5. The second-order valence-corrected chi connectivity index (χ2v) is 7.99. The second kappa shape index (κ2) is 9.23. The number of ether oxygens (including phenoxy) is 2. The predicted octanol–water partition coefficient (Wildman–Crippen LogP) is 4.63.